The van der Waals surface area contributed by atoms with Gasteiger partial charge < -0.3 is 15.4 Å². The van der Waals surface area contributed by atoms with Crippen LogP contribution in [0.3, 0.4) is 0 Å². The van der Waals surface area contributed by atoms with E-state index in [4.69, 9.17) is 10.5 Å². The summed E-state index contributed by atoms with van der Waals surface area (Å²) in [5, 5.41) is 6.20. The number of fused-ring (bicyclic) bond motifs is 1. The molecule has 2 aromatic heterocycles. The van der Waals surface area contributed by atoms with Gasteiger partial charge in [-0.15, -0.1) is 11.3 Å². The predicted octanol–water partition coefficient (Wildman–Crippen LogP) is 1.45. The third kappa shape index (κ3) is 2.45. The Balaban J connectivity index is 1.93. The van der Waals surface area contributed by atoms with Crippen LogP contribution in [0.1, 0.15) is 5.56 Å². The number of benzene rings is 1. The second-order valence-electron chi connectivity index (χ2n) is 6.07. The summed E-state index contributed by atoms with van der Waals surface area (Å²) in [4.78, 5) is 24.8. The third-order valence-electron chi connectivity index (χ3n) is 4.73. The lowest BCUT2D eigenvalue weighted by Gasteiger charge is -2.49. The molecule has 26 heavy (non-hydrogen) atoms. The summed E-state index contributed by atoms with van der Waals surface area (Å²) in [5.41, 5.74) is 5.45. The predicted molar refractivity (Wildman–Crippen MR) is 101 cm³/mol. The molecular weight excluding hydrogens is 350 g/mol. The van der Waals surface area contributed by atoms with Gasteiger partial charge in [0, 0.05) is 31.8 Å². The summed E-state index contributed by atoms with van der Waals surface area (Å²) in [5.74, 6) is -0.0521. The average molecular weight is 369 g/mol. The minimum Gasteiger partial charge on any atom is -0.367 e. The molecule has 1 amide bonds. The second kappa shape index (κ2) is 6.64. The van der Waals surface area contributed by atoms with E-state index in [-0.39, 0.29) is 0 Å². The highest BCUT2D eigenvalue weighted by molar-refractivity contribution is 7.16. The van der Waals surface area contributed by atoms with Crippen LogP contribution in [0, 0.1) is 0 Å². The van der Waals surface area contributed by atoms with Crippen LogP contribution in [0.15, 0.2) is 48.0 Å². The molecule has 7 nitrogen and oxygen atoms in total. The maximum atomic E-state index is 12.9. The summed E-state index contributed by atoms with van der Waals surface area (Å²) in [6.07, 6.45) is 1.15. The van der Waals surface area contributed by atoms with E-state index >= 15 is 0 Å². The molecule has 4 rings (SSSR count). The first-order valence-electron chi connectivity index (χ1n) is 8.27. The Kier molecular flexibility index (Phi) is 4.31. The van der Waals surface area contributed by atoms with Crippen molar-refractivity contribution >= 4 is 33.4 Å². The van der Waals surface area contributed by atoms with E-state index in [9.17, 15) is 4.79 Å². The normalized spacial score (nSPS) is 23.3. The van der Waals surface area contributed by atoms with Crippen molar-refractivity contribution in [3.05, 3.63) is 53.5 Å². The number of thiophene rings is 1. The first-order chi connectivity index (χ1) is 12.7. The molecule has 0 saturated carbocycles. The average Bonchev–Trinajstić information content (AvgIpc) is 3.15. The number of carbonyl (C=O) groups is 1. The number of piperazine rings is 1. The van der Waals surface area contributed by atoms with Gasteiger partial charge in [0.2, 0.25) is 5.95 Å². The third-order valence-corrected chi connectivity index (χ3v) is 5.55. The zero-order valence-corrected chi connectivity index (χ0v) is 15.1. The highest BCUT2D eigenvalue weighted by atomic mass is 32.1. The van der Waals surface area contributed by atoms with E-state index in [1.165, 1.54) is 11.3 Å². The van der Waals surface area contributed by atoms with Crippen molar-refractivity contribution in [3.8, 4) is 0 Å². The van der Waals surface area contributed by atoms with E-state index in [0.29, 0.717) is 19.0 Å². The van der Waals surface area contributed by atoms with Crippen LogP contribution in [-0.4, -0.2) is 42.3 Å². The number of aromatic nitrogens is 2. The summed E-state index contributed by atoms with van der Waals surface area (Å²) in [7, 11) is 1.56. The number of hydrogen-bond donors (Lipinski definition) is 2. The van der Waals surface area contributed by atoms with Gasteiger partial charge in [-0.2, -0.15) is 0 Å². The minimum absolute atomic E-state index is 0.464. The molecule has 3 N–H and O–H groups in total. The fourth-order valence-corrected chi connectivity index (χ4v) is 4.30. The van der Waals surface area contributed by atoms with Gasteiger partial charge >= 0.3 is 0 Å². The molecule has 1 saturated heterocycles. The molecule has 1 aromatic carbocycles. The molecule has 1 aliphatic rings. The molecule has 3 aromatic rings. The van der Waals surface area contributed by atoms with Gasteiger partial charge in [-0.25, -0.2) is 9.97 Å². The number of anilines is 1. The number of primary amides is 1. The van der Waals surface area contributed by atoms with E-state index in [0.717, 1.165) is 15.8 Å². The molecule has 1 fully saturated rings. The van der Waals surface area contributed by atoms with Gasteiger partial charge in [0.25, 0.3) is 5.91 Å². The number of ether oxygens (including phenoxy) is 1. The van der Waals surface area contributed by atoms with Crippen molar-refractivity contribution in [1.29, 1.82) is 0 Å². The van der Waals surface area contributed by atoms with Crippen molar-refractivity contribution in [3.63, 3.8) is 0 Å². The molecular formula is C18H19N5O2S. The van der Waals surface area contributed by atoms with Gasteiger partial charge in [0.05, 0.1) is 0 Å². The van der Waals surface area contributed by atoms with Crippen LogP contribution >= 0.6 is 11.3 Å². The monoisotopic (exact) mass is 369 g/mol. The Morgan fingerprint density at radius 3 is 2.92 bits per heavy atom. The Bertz CT molecular complexity index is 931. The number of nitrogens with zero attached hydrogens (tertiary/aromatic N) is 3. The fourth-order valence-electron chi connectivity index (χ4n) is 3.57. The smallest absolute Gasteiger partial charge is 0.252 e. The van der Waals surface area contributed by atoms with Gasteiger partial charge in [-0.3, -0.25) is 10.1 Å². The largest absolute Gasteiger partial charge is 0.367 e. The maximum Gasteiger partial charge on any atom is 0.252 e. The van der Waals surface area contributed by atoms with Crippen LogP contribution in [0.2, 0.25) is 0 Å². The van der Waals surface area contributed by atoms with Crippen molar-refractivity contribution in [1.82, 2.24) is 15.3 Å². The Morgan fingerprint density at radius 2 is 2.19 bits per heavy atom. The standard InChI is InChI=1S/C18H19N5O2S/c1-25-16-18(15(19)24,13-5-3-2-4-6-13)23(9-8-20-16)17-21-11-12-7-10-26-14(12)22-17/h2-7,10-11,16,20H,8-9H2,1H3,(H2,19,24). The lowest BCUT2D eigenvalue weighted by atomic mass is 9.83. The maximum absolute atomic E-state index is 12.9. The molecule has 0 spiro atoms. The quantitative estimate of drug-likeness (QED) is 0.723. The number of hydrogen-bond acceptors (Lipinski definition) is 7. The summed E-state index contributed by atoms with van der Waals surface area (Å²) in [6.45, 7) is 1.14. The Morgan fingerprint density at radius 1 is 1.38 bits per heavy atom. The first kappa shape index (κ1) is 16.9. The van der Waals surface area contributed by atoms with Gasteiger partial charge in [0.15, 0.2) is 5.54 Å². The number of nitrogens with two attached hydrogens (primary N) is 1. The summed E-state index contributed by atoms with van der Waals surface area (Å²) >= 11 is 1.54. The van der Waals surface area contributed by atoms with E-state index in [2.05, 4.69) is 15.3 Å². The van der Waals surface area contributed by atoms with Gasteiger partial charge in [-0.1, -0.05) is 30.3 Å². The molecule has 2 unspecified atom stereocenters. The molecule has 8 heteroatoms. The van der Waals surface area contributed by atoms with E-state index < -0.39 is 17.7 Å². The van der Waals surface area contributed by atoms with Crippen LogP contribution in [-0.2, 0) is 15.1 Å². The Hall–Kier alpha value is -2.55. The number of nitrogens with one attached hydrogen (secondary N) is 1. The zero-order valence-electron chi connectivity index (χ0n) is 14.3. The number of rotatable bonds is 4. The van der Waals surface area contributed by atoms with Crippen LogP contribution in [0.25, 0.3) is 10.2 Å². The van der Waals surface area contributed by atoms with E-state index in [1.807, 2.05) is 46.7 Å². The van der Waals surface area contributed by atoms with Gasteiger partial charge in [0.1, 0.15) is 11.1 Å². The molecule has 0 radical (unpaired) electrons. The topological polar surface area (TPSA) is 93.4 Å². The Labute approximate surface area is 154 Å². The molecule has 1 aliphatic heterocycles. The lowest BCUT2D eigenvalue weighted by molar-refractivity contribution is -0.132. The molecule has 0 aliphatic carbocycles. The lowest BCUT2D eigenvalue weighted by Crippen LogP contribution is -2.71. The molecule has 2 atom stereocenters. The van der Waals surface area contributed by atoms with Gasteiger partial charge in [-0.05, 0) is 17.0 Å². The summed E-state index contributed by atoms with van der Waals surface area (Å²) in [6, 6.07) is 11.4. The molecule has 134 valence electrons. The molecule has 3 heterocycles. The van der Waals surface area contributed by atoms with Crippen molar-refractivity contribution in [2.24, 2.45) is 5.73 Å². The minimum atomic E-state index is -1.25. The number of methoxy groups -OCH3 is 1. The highest BCUT2D eigenvalue weighted by Gasteiger charge is 2.54. The van der Waals surface area contributed by atoms with E-state index in [1.54, 1.807) is 13.3 Å². The van der Waals surface area contributed by atoms with Crippen molar-refractivity contribution in [2.45, 2.75) is 11.8 Å². The van der Waals surface area contributed by atoms with Crippen molar-refractivity contribution < 1.29 is 9.53 Å². The first-order valence-corrected chi connectivity index (χ1v) is 9.15. The highest BCUT2D eigenvalue weighted by Crippen LogP contribution is 2.37. The van der Waals surface area contributed by atoms with Crippen molar-refractivity contribution in [2.75, 3.05) is 25.1 Å². The zero-order chi connectivity index (χ0) is 18.1. The number of amides is 1. The van der Waals surface area contributed by atoms with Crippen LogP contribution < -0.4 is 16.0 Å². The number of carbonyl (C=O) groups excluding carboxylic acids is 1. The van der Waals surface area contributed by atoms with Crippen LogP contribution in [0.5, 0.6) is 0 Å². The second-order valence-corrected chi connectivity index (χ2v) is 6.96. The SMILES string of the molecule is COC1NCCN(c2ncc3ccsc3n2)C1(C(N)=O)c1ccccc1. The summed E-state index contributed by atoms with van der Waals surface area (Å²) < 4.78 is 5.64. The fraction of sp³-hybridized carbons (Fsp3) is 0.278. The molecule has 0 bridgehead atoms. The van der Waals surface area contributed by atoms with Crippen LogP contribution in [0.4, 0.5) is 5.95 Å².